The molecule has 0 bridgehead atoms. The Kier molecular flexibility index (Phi) is 3.42. The number of fused-ring (bicyclic) bond motifs is 4. The smallest absolute Gasteiger partial charge is 0.410 e. The molecule has 1 N–H and O–H groups in total. The van der Waals surface area contributed by atoms with E-state index < -0.39 is 0 Å². The number of amides is 1. The topological polar surface area (TPSA) is 54.6 Å². The predicted molar refractivity (Wildman–Crippen MR) is 98.6 cm³/mol. The summed E-state index contributed by atoms with van der Waals surface area (Å²) in [6, 6.07) is 14.4. The standard InChI is InChI=1S/C21H20N2O3/c1-25-21(24)23-10-8-16-15-4-2-3-5-17(15)22-19(16)20(23)14-6-7-18-13(12-14)9-11-26-18/h2-7,12,20,22H,8-11H2,1H3/t20-/m1/s1. The lowest BCUT2D eigenvalue weighted by atomic mass is 9.91. The number of para-hydroxylation sites is 1. The van der Waals surface area contributed by atoms with Crippen molar-refractivity contribution in [3.63, 3.8) is 0 Å². The first-order valence-electron chi connectivity index (χ1n) is 8.96. The second-order valence-corrected chi connectivity index (χ2v) is 6.84. The number of hydrogen-bond donors (Lipinski definition) is 1. The summed E-state index contributed by atoms with van der Waals surface area (Å²) in [6.07, 6.45) is 1.43. The Morgan fingerprint density at radius 1 is 1.23 bits per heavy atom. The van der Waals surface area contributed by atoms with Gasteiger partial charge < -0.3 is 14.5 Å². The number of H-pyrrole nitrogens is 1. The highest BCUT2D eigenvalue weighted by atomic mass is 16.5. The first-order chi connectivity index (χ1) is 12.8. The van der Waals surface area contributed by atoms with Crippen molar-refractivity contribution in [1.29, 1.82) is 0 Å². The van der Waals surface area contributed by atoms with Crippen molar-refractivity contribution < 1.29 is 14.3 Å². The number of aromatic amines is 1. The van der Waals surface area contributed by atoms with Crippen molar-refractivity contribution in [2.45, 2.75) is 18.9 Å². The van der Waals surface area contributed by atoms with E-state index in [0.29, 0.717) is 6.54 Å². The number of methoxy groups -OCH3 is 1. The van der Waals surface area contributed by atoms with E-state index in [9.17, 15) is 4.79 Å². The molecule has 5 nitrogen and oxygen atoms in total. The second-order valence-electron chi connectivity index (χ2n) is 6.84. The van der Waals surface area contributed by atoms with E-state index in [2.05, 4.69) is 35.3 Å². The number of nitrogens with one attached hydrogen (secondary N) is 1. The number of nitrogens with zero attached hydrogens (tertiary/aromatic N) is 1. The third kappa shape index (κ3) is 2.20. The molecule has 3 heterocycles. The molecule has 1 atom stereocenters. The molecule has 0 saturated heterocycles. The van der Waals surface area contributed by atoms with Crippen LogP contribution in [0.5, 0.6) is 5.75 Å². The number of rotatable bonds is 1. The lowest BCUT2D eigenvalue weighted by Gasteiger charge is -2.35. The van der Waals surface area contributed by atoms with Gasteiger partial charge in [0.25, 0.3) is 0 Å². The third-order valence-electron chi connectivity index (χ3n) is 5.47. The number of aromatic nitrogens is 1. The van der Waals surface area contributed by atoms with Gasteiger partial charge in [-0.15, -0.1) is 0 Å². The zero-order chi connectivity index (χ0) is 17.7. The van der Waals surface area contributed by atoms with E-state index in [1.807, 2.05) is 17.0 Å². The molecule has 1 aromatic heterocycles. The van der Waals surface area contributed by atoms with Crippen molar-refractivity contribution in [1.82, 2.24) is 9.88 Å². The number of carbonyl (C=O) groups is 1. The van der Waals surface area contributed by atoms with Crippen molar-refractivity contribution in [3.8, 4) is 5.75 Å². The van der Waals surface area contributed by atoms with Crippen LogP contribution in [0.4, 0.5) is 4.79 Å². The first kappa shape index (κ1) is 15.3. The molecule has 2 aliphatic rings. The van der Waals surface area contributed by atoms with Crippen LogP contribution >= 0.6 is 0 Å². The van der Waals surface area contributed by atoms with Crippen LogP contribution in [0.1, 0.15) is 28.4 Å². The Labute approximate surface area is 151 Å². The molecule has 5 heteroatoms. The summed E-state index contributed by atoms with van der Waals surface area (Å²) in [5.41, 5.74) is 5.78. The summed E-state index contributed by atoms with van der Waals surface area (Å²) < 4.78 is 10.7. The molecule has 0 spiro atoms. The molecule has 0 saturated carbocycles. The Balaban J connectivity index is 1.69. The molecule has 0 aliphatic carbocycles. The van der Waals surface area contributed by atoms with E-state index in [-0.39, 0.29) is 12.1 Å². The summed E-state index contributed by atoms with van der Waals surface area (Å²) in [4.78, 5) is 17.8. The van der Waals surface area contributed by atoms with E-state index in [1.165, 1.54) is 23.6 Å². The van der Waals surface area contributed by atoms with E-state index in [1.54, 1.807) is 0 Å². The summed E-state index contributed by atoms with van der Waals surface area (Å²) in [6.45, 7) is 1.36. The van der Waals surface area contributed by atoms with Crippen LogP contribution in [0.25, 0.3) is 10.9 Å². The molecule has 2 aromatic carbocycles. The quantitative estimate of drug-likeness (QED) is 0.727. The monoisotopic (exact) mass is 348 g/mol. The minimum absolute atomic E-state index is 0.176. The van der Waals surface area contributed by atoms with Crippen LogP contribution in [-0.2, 0) is 17.6 Å². The predicted octanol–water partition coefficient (Wildman–Crippen LogP) is 3.82. The highest BCUT2D eigenvalue weighted by Gasteiger charge is 2.35. The summed E-state index contributed by atoms with van der Waals surface area (Å²) >= 11 is 0. The molecule has 1 amide bonds. The normalized spacial score (nSPS) is 18.3. The van der Waals surface area contributed by atoms with Gasteiger partial charge >= 0.3 is 6.09 Å². The molecule has 0 unspecified atom stereocenters. The fourth-order valence-corrected chi connectivity index (χ4v) is 4.28. The molecule has 2 aliphatic heterocycles. The van der Waals surface area contributed by atoms with E-state index >= 15 is 0 Å². The highest BCUT2D eigenvalue weighted by molar-refractivity contribution is 5.86. The molecule has 3 aromatic rings. The van der Waals surface area contributed by atoms with Crippen molar-refractivity contribution in [3.05, 3.63) is 64.8 Å². The molecule has 0 fully saturated rings. The Morgan fingerprint density at radius 3 is 3.00 bits per heavy atom. The van der Waals surface area contributed by atoms with E-state index in [4.69, 9.17) is 9.47 Å². The average Bonchev–Trinajstić information content (AvgIpc) is 3.30. The van der Waals surface area contributed by atoms with Gasteiger partial charge in [0.15, 0.2) is 0 Å². The van der Waals surface area contributed by atoms with Crippen LogP contribution < -0.4 is 4.74 Å². The molecule has 0 radical (unpaired) electrons. The first-order valence-corrected chi connectivity index (χ1v) is 8.96. The Bertz CT molecular complexity index is 1010. The maximum atomic E-state index is 12.5. The minimum Gasteiger partial charge on any atom is -0.493 e. The maximum absolute atomic E-state index is 12.5. The van der Waals surface area contributed by atoms with Crippen LogP contribution in [0.3, 0.4) is 0 Å². The molecule has 5 rings (SSSR count). The summed E-state index contributed by atoms with van der Waals surface area (Å²) in [7, 11) is 1.44. The Hall–Kier alpha value is -2.95. The number of ether oxygens (including phenoxy) is 2. The zero-order valence-corrected chi connectivity index (χ0v) is 14.6. The van der Waals surface area contributed by atoms with Gasteiger partial charge in [0.2, 0.25) is 0 Å². The minimum atomic E-state index is -0.295. The fraction of sp³-hybridized carbons (Fsp3) is 0.286. The lowest BCUT2D eigenvalue weighted by molar-refractivity contribution is 0.108. The van der Waals surface area contributed by atoms with Gasteiger partial charge in [-0.25, -0.2) is 4.79 Å². The van der Waals surface area contributed by atoms with Crippen LogP contribution in [0.15, 0.2) is 42.5 Å². The number of benzene rings is 2. The number of hydrogen-bond acceptors (Lipinski definition) is 3. The number of carbonyl (C=O) groups excluding carboxylic acids is 1. The van der Waals surface area contributed by atoms with E-state index in [0.717, 1.165) is 42.0 Å². The van der Waals surface area contributed by atoms with Crippen molar-refractivity contribution >= 4 is 17.0 Å². The third-order valence-corrected chi connectivity index (χ3v) is 5.47. The van der Waals surface area contributed by atoms with Gasteiger partial charge in [-0.2, -0.15) is 0 Å². The maximum Gasteiger partial charge on any atom is 0.410 e. The van der Waals surface area contributed by atoms with Crippen molar-refractivity contribution in [2.24, 2.45) is 0 Å². The van der Waals surface area contributed by atoms with Gasteiger partial charge in [0, 0.05) is 29.6 Å². The van der Waals surface area contributed by atoms with Crippen LogP contribution in [-0.4, -0.2) is 36.2 Å². The van der Waals surface area contributed by atoms with Gasteiger partial charge in [-0.1, -0.05) is 24.3 Å². The lowest BCUT2D eigenvalue weighted by Crippen LogP contribution is -2.40. The summed E-state index contributed by atoms with van der Waals surface area (Å²) in [5.74, 6) is 0.950. The Morgan fingerprint density at radius 2 is 2.12 bits per heavy atom. The van der Waals surface area contributed by atoms with Gasteiger partial charge in [0.1, 0.15) is 11.8 Å². The molecule has 26 heavy (non-hydrogen) atoms. The largest absolute Gasteiger partial charge is 0.493 e. The average molecular weight is 348 g/mol. The summed E-state index contributed by atoms with van der Waals surface area (Å²) in [5, 5.41) is 1.24. The van der Waals surface area contributed by atoms with Gasteiger partial charge in [0.05, 0.1) is 13.7 Å². The SMILES string of the molecule is COC(=O)N1CCc2c([nH]c3ccccc23)[C@H]1c1ccc2c(c1)CCO2. The molecular formula is C21H20N2O3. The van der Waals surface area contributed by atoms with Gasteiger partial charge in [-0.3, -0.25) is 4.90 Å². The zero-order valence-electron chi connectivity index (χ0n) is 14.6. The van der Waals surface area contributed by atoms with Crippen LogP contribution in [0.2, 0.25) is 0 Å². The van der Waals surface area contributed by atoms with Crippen molar-refractivity contribution in [2.75, 3.05) is 20.3 Å². The highest BCUT2D eigenvalue weighted by Crippen LogP contribution is 2.40. The molecule has 132 valence electrons. The second kappa shape index (κ2) is 5.80. The van der Waals surface area contributed by atoms with Crippen LogP contribution in [0, 0.1) is 0 Å². The molecular weight excluding hydrogens is 328 g/mol. The fourth-order valence-electron chi connectivity index (χ4n) is 4.28. The van der Waals surface area contributed by atoms with Gasteiger partial charge in [-0.05, 0) is 41.3 Å².